The molecular weight excluding hydrogens is 192 g/mol. The number of likely N-dealkylation sites (tertiary alicyclic amines) is 1. The Labute approximate surface area is 91.6 Å². The van der Waals surface area contributed by atoms with E-state index in [2.05, 4.69) is 10.2 Å². The Morgan fingerprint density at radius 3 is 2.53 bits per heavy atom. The molecule has 1 fully saturated rings. The van der Waals surface area contributed by atoms with E-state index in [4.69, 9.17) is 5.73 Å². The molecule has 0 bridgehead atoms. The van der Waals surface area contributed by atoms with E-state index in [0.717, 1.165) is 32.5 Å². The van der Waals surface area contributed by atoms with Crippen LogP contribution < -0.4 is 11.1 Å². The summed E-state index contributed by atoms with van der Waals surface area (Å²) in [6.45, 7) is 3.76. The van der Waals surface area contributed by atoms with E-state index in [-0.39, 0.29) is 6.03 Å². The highest BCUT2D eigenvalue weighted by Gasteiger charge is 2.20. The van der Waals surface area contributed by atoms with E-state index in [1.807, 2.05) is 0 Å². The third-order valence-corrected chi connectivity index (χ3v) is 2.77. The van der Waals surface area contributed by atoms with Gasteiger partial charge in [0, 0.05) is 46.3 Å². The maximum atomic E-state index is 11.4. The van der Waals surface area contributed by atoms with Crippen molar-refractivity contribution in [1.29, 1.82) is 0 Å². The molecule has 0 saturated carbocycles. The topological polar surface area (TPSA) is 61.6 Å². The molecule has 1 heterocycles. The Morgan fingerprint density at radius 1 is 1.47 bits per heavy atom. The minimum absolute atomic E-state index is 0.00674. The summed E-state index contributed by atoms with van der Waals surface area (Å²) in [4.78, 5) is 15.3. The van der Waals surface area contributed by atoms with Crippen molar-refractivity contribution in [2.75, 3.05) is 40.3 Å². The van der Waals surface area contributed by atoms with Crippen molar-refractivity contribution in [2.45, 2.75) is 18.9 Å². The highest BCUT2D eigenvalue weighted by atomic mass is 16.2. The van der Waals surface area contributed by atoms with Crippen LogP contribution in [-0.4, -0.2) is 62.1 Å². The molecule has 0 unspecified atom stereocenters. The molecule has 0 aromatic carbocycles. The Kier molecular flexibility index (Phi) is 4.84. The highest BCUT2D eigenvalue weighted by Crippen LogP contribution is 2.09. The quantitative estimate of drug-likeness (QED) is 0.677. The lowest BCUT2D eigenvalue weighted by Gasteiger charge is -2.32. The minimum Gasteiger partial charge on any atom is -0.335 e. The number of hydrogen-bond acceptors (Lipinski definition) is 3. The summed E-state index contributed by atoms with van der Waals surface area (Å²) >= 11 is 0. The molecule has 0 aromatic heterocycles. The smallest absolute Gasteiger partial charge is 0.317 e. The average Bonchev–Trinajstić information content (AvgIpc) is 2.21. The van der Waals surface area contributed by atoms with E-state index < -0.39 is 0 Å². The first-order chi connectivity index (χ1) is 7.13. The van der Waals surface area contributed by atoms with Crippen molar-refractivity contribution < 1.29 is 4.79 Å². The molecule has 3 N–H and O–H groups in total. The van der Waals surface area contributed by atoms with Gasteiger partial charge in [0.2, 0.25) is 0 Å². The van der Waals surface area contributed by atoms with Crippen LogP contribution in [0.3, 0.4) is 0 Å². The molecule has 0 aromatic rings. The largest absolute Gasteiger partial charge is 0.335 e. The number of nitrogens with two attached hydrogens (primary N) is 1. The standard InChI is InChI=1S/C10H22N4O/c1-13(2)10(15)12-9-3-6-14(7-4-9)8-5-11/h9H,3-8,11H2,1-2H3,(H,12,15). The molecule has 1 rings (SSSR count). The number of carbonyl (C=O) groups is 1. The van der Waals surface area contributed by atoms with Crippen molar-refractivity contribution in [3.05, 3.63) is 0 Å². The summed E-state index contributed by atoms with van der Waals surface area (Å²) in [5.74, 6) is 0. The number of amides is 2. The molecule has 0 spiro atoms. The number of piperidine rings is 1. The number of urea groups is 1. The highest BCUT2D eigenvalue weighted by molar-refractivity contribution is 5.73. The summed E-state index contributed by atoms with van der Waals surface area (Å²) in [6.07, 6.45) is 2.05. The van der Waals surface area contributed by atoms with Gasteiger partial charge in [0.25, 0.3) is 0 Å². The second-order valence-corrected chi connectivity index (χ2v) is 4.25. The first kappa shape index (κ1) is 12.3. The summed E-state index contributed by atoms with van der Waals surface area (Å²) < 4.78 is 0. The van der Waals surface area contributed by atoms with Crippen molar-refractivity contribution in [1.82, 2.24) is 15.1 Å². The zero-order chi connectivity index (χ0) is 11.3. The van der Waals surface area contributed by atoms with Gasteiger partial charge in [-0.3, -0.25) is 0 Å². The van der Waals surface area contributed by atoms with Gasteiger partial charge < -0.3 is 20.9 Å². The van der Waals surface area contributed by atoms with Gasteiger partial charge in [-0.2, -0.15) is 0 Å². The van der Waals surface area contributed by atoms with Crippen molar-refractivity contribution >= 4 is 6.03 Å². The van der Waals surface area contributed by atoms with Crippen LogP contribution in [0.4, 0.5) is 4.79 Å². The molecule has 2 amide bonds. The molecule has 15 heavy (non-hydrogen) atoms. The molecule has 1 saturated heterocycles. The van der Waals surface area contributed by atoms with Crippen LogP contribution in [0.25, 0.3) is 0 Å². The van der Waals surface area contributed by atoms with Crippen LogP contribution in [-0.2, 0) is 0 Å². The van der Waals surface area contributed by atoms with Crippen LogP contribution >= 0.6 is 0 Å². The van der Waals surface area contributed by atoms with Gasteiger partial charge in [0.1, 0.15) is 0 Å². The fraction of sp³-hybridized carbons (Fsp3) is 0.900. The third-order valence-electron chi connectivity index (χ3n) is 2.77. The summed E-state index contributed by atoms with van der Waals surface area (Å²) in [7, 11) is 3.53. The predicted molar refractivity (Wildman–Crippen MR) is 60.7 cm³/mol. The van der Waals surface area contributed by atoms with Crippen LogP contribution in [0, 0.1) is 0 Å². The maximum Gasteiger partial charge on any atom is 0.317 e. The van der Waals surface area contributed by atoms with Gasteiger partial charge in [-0.15, -0.1) is 0 Å². The van der Waals surface area contributed by atoms with Gasteiger partial charge >= 0.3 is 6.03 Å². The van der Waals surface area contributed by atoms with Crippen molar-refractivity contribution in [3.63, 3.8) is 0 Å². The van der Waals surface area contributed by atoms with E-state index >= 15 is 0 Å². The lowest BCUT2D eigenvalue weighted by atomic mass is 10.1. The van der Waals surface area contributed by atoms with E-state index in [1.165, 1.54) is 0 Å². The van der Waals surface area contributed by atoms with Crippen LogP contribution in [0.2, 0.25) is 0 Å². The number of nitrogens with one attached hydrogen (secondary N) is 1. The SMILES string of the molecule is CN(C)C(=O)NC1CCN(CCN)CC1. The lowest BCUT2D eigenvalue weighted by Crippen LogP contribution is -2.48. The lowest BCUT2D eigenvalue weighted by molar-refractivity contribution is 0.184. The number of rotatable bonds is 3. The van der Waals surface area contributed by atoms with Crippen LogP contribution in [0.1, 0.15) is 12.8 Å². The third kappa shape index (κ3) is 4.05. The summed E-state index contributed by atoms with van der Waals surface area (Å²) in [5, 5.41) is 3.01. The molecule has 0 aliphatic carbocycles. The second-order valence-electron chi connectivity index (χ2n) is 4.25. The molecular formula is C10H22N4O. The normalized spacial score (nSPS) is 18.9. The zero-order valence-corrected chi connectivity index (χ0v) is 9.70. The Balaban J connectivity index is 2.22. The number of nitrogens with zero attached hydrogens (tertiary/aromatic N) is 2. The predicted octanol–water partition coefficient (Wildman–Crippen LogP) is -0.319. The average molecular weight is 214 g/mol. The van der Waals surface area contributed by atoms with Crippen LogP contribution in [0.5, 0.6) is 0 Å². The number of hydrogen-bond donors (Lipinski definition) is 2. The zero-order valence-electron chi connectivity index (χ0n) is 9.70. The molecule has 5 nitrogen and oxygen atoms in total. The van der Waals surface area contributed by atoms with Gasteiger partial charge in [0.05, 0.1) is 0 Å². The first-order valence-electron chi connectivity index (χ1n) is 5.53. The van der Waals surface area contributed by atoms with E-state index in [0.29, 0.717) is 12.6 Å². The van der Waals surface area contributed by atoms with Crippen molar-refractivity contribution in [2.24, 2.45) is 5.73 Å². The van der Waals surface area contributed by atoms with E-state index in [9.17, 15) is 4.79 Å². The molecule has 1 aliphatic heterocycles. The van der Waals surface area contributed by atoms with Crippen molar-refractivity contribution in [3.8, 4) is 0 Å². The van der Waals surface area contributed by atoms with Gasteiger partial charge in [-0.25, -0.2) is 4.79 Å². The Hall–Kier alpha value is -0.810. The fourth-order valence-corrected chi connectivity index (χ4v) is 1.79. The molecule has 0 radical (unpaired) electrons. The monoisotopic (exact) mass is 214 g/mol. The van der Waals surface area contributed by atoms with Crippen LogP contribution in [0.15, 0.2) is 0 Å². The number of carbonyl (C=O) groups excluding carboxylic acids is 1. The first-order valence-corrected chi connectivity index (χ1v) is 5.53. The second kappa shape index (κ2) is 5.92. The summed E-state index contributed by atoms with van der Waals surface area (Å²) in [5.41, 5.74) is 5.50. The fourth-order valence-electron chi connectivity index (χ4n) is 1.79. The van der Waals surface area contributed by atoms with Gasteiger partial charge in [0.15, 0.2) is 0 Å². The molecule has 0 atom stereocenters. The molecule has 1 aliphatic rings. The Bertz CT molecular complexity index is 200. The summed E-state index contributed by atoms with van der Waals surface area (Å²) in [6, 6.07) is 0.334. The minimum atomic E-state index is 0.00674. The maximum absolute atomic E-state index is 11.4. The molecule has 88 valence electrons. The Morgan fingerprint density at radius 2 is 2.07 bits per heavy atom. The van der Waals surface area contributed by atoms with Gasteiger partial charge in [-0.05, 0) is 12.8 Å². The van der Waals surface area contributed by atoms with Gasteiger partial charge in [-0.1, -0.05) is 0 Å². The molecule has 5 heteroatoms. The van der Waals surface area contributed by atoms with E-state index in [1.54, 1.807) is 19.0 Å².